The lowest BCUT2D eigenvalue weighted by molar-refractivity contribution is 0.169. The van der Waals surface area contributed by atoms with Gasteiger partial charge in [-0.05, 0) is 18.4 Å². The first kappa shape index (κ1) is 13.2. The van der Waals surface area contributed by atoms with Gasteiger partial charge in [0.15, 0.2) is 11.5 Å². The van der Waals surface area contributed by atoms with Crippen LogP contribution in [0.1, 0.15) is 44.7 Å². The van der Waals surface area contributed by atoms with Crippen LogP contribution in [0, 0.1) is 5.92 Å². The summed E-state index contributed by atoms with van der Waals surface area (Å²) in [6, 6.07) is 6.03. The molecule has 1 unspecified atom stereocenters. The molecule has 0 fully saturated rings. The lowest BCUT2D eigenvalue weighted by Gasteiger charge is -2.23. The Morgan fingerprint density at radius 3 is 2.72 bits per heavy atom. The average molecular weight is 249 g/mol. The van der Waals surface area contributed by atoms with Gasteiger partial charge < -0.3 is 15.2 Å². The molecule has 0 bridgehead atoms. The molecule has 1 aliphatic heterocycles. The molecule has 0 spiro atoms. The Morgan fingerprint density at radius 1 is 1.17 bits per heavy atom. The van der Waals surface area contributed by atoms with E-state index < -0.39 is 0 Å². The quantitative estimate of drug-likeness (QED) is 0.871. The van der Waals surface area contributed by atoms with Crippen molar-refractivity contribution in [3.63, 3.8) is 0 Å². The van der Waals surface area contributed by atoms with E-state index in [4.69, 9.17) is 15.2 Å². The molecule has 3 nitrogen and oxygen atoms in total. The van der Waals surface area contributed by atoms with Crippen molar-refractivity contribution in [2.24, 2.45) is 11.7 Å². The Hall–Kier alpha value is -1.22. The van der Waals surface area contributed by atoms with Crippen molar-refractivity contribution in [2.75, 3.05) is 13.2 Å². The van der Waals surface area contributed by atoms with Crippen LogP contribution in [-0.2, 0) is 0 Å². The van der Waals surface area contributed by atoms with Crippen LogP contribution in [0.2, 0.25) is 0 Å². The molecule has 2 rings (SSSR count). The summed E-state index contributed by atoms with van der Waals surface area (Å²) in [6.45, 7) is 5.72. The van der Waals surface area contributed by atoms with Crippen LogP contribution >= 0.6 is 0 Å². The molecule has 1 heterocycles. The van der Waals surface area contributed by atoms with Crippen LogP contribution in [0.25, 0.3) is 0 Å². The van der Waals surface area contributed by atoms with E-state index in [1.54, 1.807) is 0 Å². The van der Waals surface area contributed by atoms with E-state index in [1.165, 1.54) is 6.42 Å². The van der Waals surface area contributed by atoms with Gasteiger partial charge in [-0.25, -0.2) is 0 Å². The molecule has 3 heteroatoms. The molecular formula is C15H23NO2. The van der Waals surface area contributed by atoms with Gasteiger partial charge in [-0.15, -0.1) is 0 Å². The topological polar surface area (TPSA) is 44.5 Å². The molecule has 1 aromatic carbocycles. The fraction of sp³-hybridized carbons (Fsp3) is 0.600. The minimum atomic E-state index is 0.0420. The van der Waals surface area contributed by atoms with Crippen molar-refractivity contribution < 1.29 is 9.47 Å². The summed E-state index contributed by atoms with van der Waals surface area (Å²) in [6.07, 6.45) is 3.38. The van der Waals surface area contributed by atoms with E-state index in [2.05, 4.69) is 13.8 Å². The van der Waals surface area contributed by atoms with Crippen molar-refractivity contribution in [3.8, 4) is 11.5 Å². The van der Waals surface area contributed by atoms with Crippen LogP contribution in [0.5, 0.6) is 11.5 Å². The predicted molar refractivity (Wildman–Crippen MR) is 73.0 cm³/mol. The average Bonchev–Trinajstić information content (AvgIpc) is 2.37. The lowest BCUT2D eigenvalue weighted by atomic mass is 9.97. The Morgan fingerprint density at radius 2 is 1.94 bits per heavy atom. The van der Waals surface area contributed by atoms with Crippen molar-refractivity contribution in [3.05, 3.63) is 23.8 Å². The predicted octanol–water partition coefficient (Wildman–Crippen LogP) is 3.28. The zero-order valence-electron chi connectivity index (χ0n) is 11.3. The van der Waals surface area contributed by atoms with Gasteiger partial charge in [0.05, 0.1) is 0 Å². The standard InChI is InChI=1S/C15H23NO2/c1-11(2)5-3-7-13(16)12-6-4-8-14-15(12)18-10-9-17-14/h4,6,8,11,13H,3,5,7,9-10,16H2,1-2H3. The summed E-state index contributed by atoms with van der Waals surface area (Å²) in [7, 11) is 0. The first-order valence-corrected chi connectivity index (χ1v) is 6.82. The zero-order valence-corrected chi connectivity index (χ0v) is 11.3. The maximum absolute atomic E-state index is 6.27. The normalized spacial score (nSPS) is 15.8. The summed E-state index contributed by atoms with van der Waals surface area (Å²) < 4.78 is 11.3. The number of para-hydroxylation sites is 1. The smallest absolute Gasteiger partial charge is 0.166 e. The van der Waals surface area contributed by atoms with Crippen molar-refractivity contribution >= 4 is 0 Å². The Kier molecular flexibility index (Phi) is 4.48. The van der Waals surface area contributed by atoms with Crippen LogP contribution in [0.3, 0.4) is 0 Å². The van der Waals surface area contributed by atoms with Crippen LogP contribution in [-0.4, -0.2) is 13.2 Å². The fourth-order valence-corrected chi connectivity index (χ4v) is 2.29. The Labute approximate surface area is 109 Å². The molecule has 2 N–H and O–H groups in total. The largest absolute Gasteiger partial charge is 0.486 e. The Bertz CT molecular complexity index is 390. The number of ether oxygens (including phenoxy) is 2. The van der Waals surface area contributed by atoms with Crippen molar-refractivity contribution in [2.45, 2.75) is 39.2 Å². The summed E-state index contributed by atoms with van der Waals surface area (Å²) in [5.41, 5.74) is 7.35. The van der Waals surface area contributed by atoms with Gasteiger partial charge in [0.2, 0.25) is 0 Å². The highest BCUT2D eigenvalue weighted by Gasteiger charge is 2.19. The second-order valence-corrected chi connectivity index (χ2v) is 5.30. The second-order valence-electron chi connectivity index (χ2n) is 5.30. The minimum Gasteiger partial charge on any atom is -0.486 e. The number of fused-ring (bicyclic) bond motifs is 1. The molecular weight excluding hydrogens is 226 g/mol. The van der Waals surface area contributed by atoms with E-state index in [9.17, 15) is 0 Å². The van der Waals surface area contributed by atoms with Gasteiger partial charge in [-0.1, -0.05) is 38.8 Å². The summed E-state index contributed by atoms with van der Waals surface area (Å²) >= 11 is 0. The highest BCUT2D eigenvalue weighted by Crippen LogP contribution is 2.37. The van der Waals surface area contributed by atoms with Crippen LogP contribution < -0.4 is 15.2 Å². The van der Waals surface area contributed by atoms with E-state index in [0.29, 0.717) is 13.2 Å². The zero-order chi connectivity index (χ0) is 13.0. The van der Waals surface area contributed by atoms with Gasteiger partial charge in [0.1, 0.15) is 13.2 Å². The first-order chi connectivity index (χ1) is 8.68. The molecule has 0 radical (unpaired) electrons. The molecule has 0 amide bonds. The third-order valence-electron chi connectivity index (χ3n) is 3.29. The van der Waals surface area contributed by atoms with E-state index in [1.807, 2.05) is 18.2 Å². The molecule has 1 aliphatic rings. The molecule has 0 aliphatic carbocycles. The lowest BCUT2D eigenvalue weighted by Crippen LogP contribution is -2.19. The molecule has 0 saturated carbocycles. The van der Waals surface area contributed by atoms with E-state index in [-0.39, 0.29) is 6.04 Å². The minimum absolute atomic E-state index is 0.0420. The monoisotopic (exact) mass is 249 g/mol. The number of hydrogen-bond donors (Lipinski definition) is 1. The summed E-state index contributed by atoms with van der Waals surface area (Å²) in [5, 5.41) is 0. The van der Waals surface area contributed by atoms with E-state index >= 15 is 0 Å². The third kappa shape index (κ3) is 3.16. The molecule has 1 aromatic rings. The SMILES string of the molecule is CC(C)CCCC(N)c1cccc2c1OCCO2. The van der Waals surface area contributed by atoms with Gasteiger partial charge >= 0.3 is 0 Å². The van der Waals surface area contributed by atoms with Crippen LogP contribution in [0.15, 0.2) is 18.2 Å². The van der Waals surface area contributed by atoms with E-state index in [0.717, 1.165) is 35.8 Å². The van der Waals surface area contributed by atoms with Crippen molar-refractivity contribution in [1.29, 1.82) is 0 Å². The molecule has 18 heavy (non-hydrogen) atoms. The van der Waals surface area contributed by atoms with Gasteiger partial charge in [-0.3, -0.25) is 0 Å². The van der Waals surface area contributed by atoms with Crippen molar-refractivity contribution in [1.82, 2.24) is 0 Å². The van der Waals surface area contributed by atoms with Gasteiger partial charge in [0, 0.05) is 11.6 Å². The maximum Gasteiger partial charge on any atom is 0.166 e. The summed E-state index contributed by atoms with van der Waals surface area (Å²) in [5.74, 6) is 2.42. The first-order valence-electron chi connectivity index (χ1n) is 6.82. The summed E-state index contributed by atoms with van der Waals surface area (Å²) in [4.78, 5) is 0. The molecule has 1 atom stereocenters. The molecule has 0 aromatic heterocycles. The fourth-order valence-electron chi connectivity index (χ4n) is 2.29. The van der Waals surface area contributed by atoms with Crippen LogP contribution in [0.4, 0.5) is 0 Å². The number of hydrogen-bond acceptors (Lipinski definition) is 3. The molecule has 100 valence electrons. The highest BCUT2D eigenvalue weighted by atomic mass is 16.6. The number of rotatable bonds is 5. The number of benzene rings is 1. The van der Waals surface area contributed by atoms with Gasteiger partial charge in [-0.2, -0.15) is 0 Å². The Balaban J connectivity index is 2.03. The third-order valence-corrected chi connectivity index (χ3v) is 3.29. The highest BCUT2D eigenvalue weighted by molar-refractivity contribution is 5.48. The maximum atomic E-state index is 6.27. The van der Waals surface area contributed by atoms with Gasteiger partial charge in [0.25, 0.3) is 0 Å². The number of nitrogens with two attached hydrogens (primary N) is 1. The molecule has 0 saturated heterocycles. The second kappa shape index (κ2) is 6.10.